The maximum atomic E-state index is 14.1. The summed E-state index contributed by atoms with van der Waals surface area (Å²) >= 11 is 0. The SMILES string of the molecule is CCCCCCCCC(=O)OCC(COC(=O)CCCCCCCC)CC(=O)OC[C@@H]1CC=CC[C@@H](COC(=O)CC(COC(=O)CCCCCCCC)COC(=O)CCCCCCCC)N1C(=O)OCC1CCN1C. The predicted octanol–water partition coefficient (Wildman–Crippen LogP) is 12.5. The summed E-state index contributed by atoms with van der Waals surface area (Å²) in [5.74, 6) is -4.00. The van der Waals surface area contributed by atoms with Crippen molar-refractivity contribution in [2.45, 2.75) is 258 Å². The minimum Gasteiger partial charge on any atom is -0.465 e. The van der Waals surface area contributed by atoms with E-state index in [0.29, 0.717) is 38.5 Å². The minimum absolute atomic E-state index is 0.0649. The molecule has 0 aromatic carbocycles. The summed E-state index contributed by atoms with van der Waals surface area (Å²) in [6, 6.07) is -1.31. The summed E-state index contributed by atoms with van der Waals surface area (Å²) in [7, 11) is 1.96. The molecule has 0 aliphatic carbocycles. The molecule has 1 amide bonds. The van der Waals surface area contributed by atoms with Crippen LogP contribution in [0.1, 0.15) is 240 Å². The second kappa shape index (κ2) is 44.7. The third-order valence-corrected chi connectivity index (χ3v) is 14.5. The van der Waals surface area contributed by atoms with E-state index < -0.39 is 42.0 Å². The number of nitrogens with zero attached hydrogens (tertiary/aromatic N) is 2. The van der Waals surface area contributed by atoms with Crippen molar-refractivity contribution in [1.29, 1.82) is 0 Å². The molecular weight excluding hydrogens is 973 g/mol. The lowest BCUT2D eigenvalue weighted by Gasteiger charge is -2.39. The first kappa shape index (κ1) is 67.9. The molecule has 1 unspecified atom stereocenters. The molecule has 3 atom stereocenters. The van der Waals surface area contributed by atoms with Gasteiger partial charge in [0.2, 0.25) is 0 Å². The van der Waals surface area contributed by atoms with Gasteiger partial charge in [0.15, 0.2) is 0 Å². The van der Waals surface area contributed by atoms with E-state index in [-0.39, 0.29) is 115 Å². The molecule has 16 nitrogen and oxygen atoms in total. The normalized spacial score (nSPS) is 16.5. The van der Waals surface area contributed by atoms with E-state index in [9.17, 15) is 33.6 Å². The molecule has 0 saturated carbocycles. The Morgan fingerprint density at radius 3 is 0.987 bits per heavy atom. The summed E-state index contributed by atoms with van der Waals surface area (Å²) in [4.78, 5) is 96.0. The zero-order chi connectivity index (χ0) is 55.4. The van der Waals surface area contributed by atoms with Gasteiger partial charge in [0.1, 0.15) is 19.8 Å². The van der Waals surface area contributed by atoms with Crippen molar-refractivity contribution in [1.82, 2.24) is 9.80 Å². The van der Waals surface area contributed by atoms with Gasteiger partial charge in [0.05, 0.1) is 51.4 Å². The fraction of sp³-hybridized carbons (Fsp3) is 0.850. The average Bonchev–Trinajstić information content (AvgIpc) is 3.62. The first-order valence-electron chi connectivity index (χ1n) is 30.1. The molecule has 16 heteroatoms. The van der Waals surface area contributed by atoms with Crippen LogP contribution >= 0.6 is 0 Å². The maximum Gasteiger partial charge on any atom is 0.410 e. The Morgan fingerprint density at radius 2 is 0.697 bits per heavy atom. The molecule has 1 saturated heterocycles. The van der Waals surface area contributed by atoms with Gasteiger partial charge in [-0.1, -0.05) is 168 Å². The van der Waals surface area contributed by atoms with Crippen LogP contribution < -0.4 is 0 Å². The summed E-state index contributed by atoms with van der Waals surface area (Å²) in [6.45, 7) is 8.79. The maximum absolute atomic E-state index is 14.1. The number of hydrogen-bond donors (Lipinski definition) is 0. The van der Waals surface area contributed by atoms with Gasteiger partial charge in [-0.2, -0.15) is 0 Å². The summed E-state index contributed by atoms with van der Waals surface area (Å²) in [5.41, 5.74) is 0. The van der Waals surface area contributed by atoms with E-state index in [1.807, 2.05) is 19.2 Å². The van der Waals surface area contributed by atoms with Crippen molar-refractivity contribution < 1.29 is 66.7 Å². The van der Waals surface area contributed by atoms with Crippen LogP contribution in [0.25, 0.3) is 0 Å². The average molecular weight is 1080 g/mol. The van der Waals surface area contributed by atoms with Crippen LogP contribution in [0.4, 0.5) is 4.79 Å². The summed E-state index contributed by atoms with van der Waals surface area (Å²) in [6.07, 6.45) is 29.8. The van der Waals surface area contributed by atoms with Gasteiger partial charge in [-0.3, -0.25) is 38.6 Å². The van der Waals surface area contributed by atoms with E-state index in [2.05, 4.69) is 32.6 Å². The van der Waals surface area contributed by atoms with Crippen LogP contribution in [0.3, 0.4) is 0 Å². The highest BCUT2D eigenvalue weighted by Crippen LogP contribution is 2.24. The zero-order valence-electron chi connectivity index (χ0n) is 48.1. The number of carbonyl (C=O) groups is 7. The van der Waals surface area contributed by atoms with E-state index in [1.165, 1.54) is 4.90 Å². The highest BCUT2D eigenvalue weighted by atomic mass is 16.6. The number of unbranched alkanes of at least 4 members (excludes halogenated alkanes) is 20. The zero-order valence-corrected chi connectivity index (χ0v) is 48.1. The number of esters is 6. The Kier molecular flexibility index (Phi) is 40.0. The van der Waals surface area contributed by atoms with Crippen molar-refractivity contribution >= 4 is 41.9 Å². The summed E-state index contributed by atoms with van der Waals surface area (Å²) in [5, 5.41) is 0. The Bertz CT molecular complexity index is 1460. The molecule has 438 valence electrons. The highest BCUT2D eigenvalue weighted by molar-refractivity contribution is 5.73. The van der Waals surface area contributed by atoms with Gasteiger partial charge in [-0.25, -0.2) is 4.79 Å². The van der Waals surface area contributed by atoms with Crippen LogP contribution in [0.15, 0.2) is 12.2 Å². The predicted molar refractivity (Wildman–Crippen MR) is 294 cm³/mol. The van der Waals surface area contributed by atoms with E-state index >= 15 is 0 Å². The lowest BCUT2D eigenvalue weighted by Crippen LogP contribution is -2.53. The van der Waals surface area contributed by atoms with Crippen LogP contribution in [0.5, 0.6) is 0 Å². The van der Waals surface area contributed by atoms with E-state index in [0.717, 1.165) is 141 Å². The molecule has 1 fully saturated rings. The number of rotatable bonds is 46. The van der Waals surface area contributed by atoms with Crippen molar-refractivity contribution in [3.8, 4) is 0 Å². The number of likely N-dealkylation sites (tertiary alicyclic amines) is 1. The molecule has 0 N–H and O–H groups in total. The molecule has 2 heterocycles. The Morgan fingerprint density at radius 1 is 0.395 bits per heavy atom. The summed E-state index contributed by atoms with van der Waals surface area (Å²) < 4.78 is 40.1. The molecule has 0 radical (unpaired) electrons. The van der Waals surface area contributed by atoms with Crippen LogP contribution in [0, 0.1) is 11.8 Å². The van der Waals surface area contributed by atoms with Gasteiger partial charge in [0, 0.05) is 43.6 Å². The van der Waals surface area contributed by atoms with Crippen LogP contribution in [-0.4, -0.2) is 130 Å². The van der Waals surface area contributed by atoms with Crippen molar-refractivity contribution in [2.24, 2.45) is 11.8 Å². The second-order valence-corrected chi connectivity index (χ2v) is 21.5. The second-order valence-electron chi connectivity index (χ2n) is 21.5. The number of amides is 1. The molecule has 2 aliphatic rings. The third kappa shape index (κ3) is 33.8. The monoisotopic (exact) mass is 1080 g/mol. The van der Waals surface area contributed by atoms with Crippen LogP contribution in [-0.2, 0) is 61.9 Å². The molecule has 0 spiro atoms. The number of likely N-dealkylation sites (N-methyl/N-ethyl adjacent to an activating group) is 1. The Labute approximate surface area is 458 Å². The number of ether oxygens (including phenoxy) is 7. The van der Waals surface area contributed by atoms with Crippen molar-refractivity contribution in [3.05, 3.63) is 12.2 Å². The van der Waals surface area contributed by atoms with Crippen LogP contribution in [0.2, 0.25) is 0 Å². The van der Waals surface area contributed by atoms with Gasteiger partial charge in [0.25, 0.3) is 0 Å². The first-order chi connectivity index (χ1) is 36.9. The molecule has 0 aromatic heterocycles. The first-order valence-corrected chi connectivity index (χ1v) is 30.1. The van der Waals surface area contributed by atoms with Gasteiger partial charge < -0.3 is 33.2 Å². The number of carbonyl (C=O) groups excluding carboxylic acids is 7. The lowest BCUT2D eigenvalue weighted by molar-refractivity contribution is -0.156. The fourth-order valence-electron chi connectivity index (χ4n) is 9.28. The Balaban J connectivity index is 2.15. The smallest absolute Gasteiger partial charge is 0.410 e. The van der Waals surface area contributed by atoms with Crippen molar-refractivity contribution in [2.75, 3.05) is 59.8 Å². The molecule has 2 rings (SSSR count). The van der Waals surface area contributed by atoms with Gasteiger partial charge >= 0.3 is 41.9 Å². The molecule has 76 heavy (non-hydrogen) atoms. The van der Waals surface area contributed by atoms with Crippen molar-refractivity contribution in [3.63, 3.8) is 0 Å². The van der Waals surface area contributed by atoms with Gasteiger partial charge in [-0.15, -0.1) is 0 Å². The molecule has 0 aromatic rings. The molecule has 2 aliphatic heterocycles. The highest BCUT2D eigenvalue weighted by Gasteiger charge is 2.36. The lowest BCUT2D eigenvalue weighted by atomic mass is 10.1. The molecule has 0 bridgehead atoms. The number of hydrogen-bond acceptors (Lipinski definition) is 15. The fourth-order valence-corrected chi connectivity index (χ4v) is 9.28. The van der Waals surface area contributed by atoms with Gasteiger partial charge in [-0.05, 0) is 58.5 Å². The quantitative estimate of drug-likeness (QED) is 0.0242. The standard InChI is InChI=1S/C60H104N2O14/c1-6-10-14-18-22-26-34-54(63)70-42-49(43-71-55(64)35-27-23-19-15-11-7-2)40-58(67)74-47-52-32-30-31-33-53(62(52)60(69)76-46-51-38-39-61(51)5)48-75-59(68)41-50(44-72-56(65)36-28-24-20-16-12-8-3)45-73-57(66)37-29-25-21-17-13-9-4/h30-31,49-53H,6-29,32-48H2,1-5H3/t51?,52-,53-/m0/s1. The van der Waals surface area contributed by atoms with E-state index in [4.69, 9.17) is 33.2 Å². The third-order valence-electron chi connectivity index (χ3n) is 14.5. The Hall–Kier alpha value is -4.21. The minimum atomic E-state index is -0.688. The van der Waals surface area contributed by atoms with E-state index in [1.54, 1.807) is 0 Å². The molecular formula is C60H104N2O14. The topological polar surface area (TPSA) is 191 Å². The largest absolute Gasteiger partial charge is 0.465 e.